The summed E-state index contributed by atoms with van der Waals surface area (Å²) in [6.07, 6.45) is 5.90. The molecule has 1 aliphatic carbocycles. The largest absolute Gasteiger partial charge is 0.352 e. The number of hydrogen-bond donors (Lipinski definition) is 0. The summed E-state index contributed by atoms with van der Waals surface area (Å²) >= 11 is 3.61. The molecule has 0 N–H and O–H groups in total. The Bertz CT molecular complexity index is 545. The molecule has 0 aromatic carbocycles. The summed E-state index contributed by atoms with van der Waals surface area (Å²) in [5.41, 5.74) is 2.31. The van der Waals surface area contributed by atoms with E-state index in [1.807, 2.05) is 6.07 Å². The number of pyridine rings is 1. The van der Waals surface area contributed by atoms with Crippen molar-refractivity contribution in [2.24, 2.45) is 0 Å². The van der Waals surface area contributed by atoms with Crippen LogP contribution < -0.4 is 4.90 Å². The first-order valence-electron chi connectivity index (χ1n) is 6.63. The van der Waals surface area contributed by atoms with Gasteiger partial charge in [-0.05, 0) is 31.4 Å². The molecule has 0 aliphatic heterocycles. The van der Waals surface area contributed by atoms with E-state index in [4.69, 9.17) is 4.98 Å². The number of imidazole rings is 1. The Hall–Kier alpha value is -1.03. The zero-order chi connectivity index (χ0) is 12.5. The molecule has 0 atom stereocenters. The van der Waals surface area contributed by atoms with E-state index in [0.717, 1.165) is 17.5 Å². The van der Waals surface area contributed by atoms with Crippen molar-refractivity contribution in [1.82, 2.24) is 9.38 Å². The third-order valence-corrected chi connectivity index (χ3v) is 3.99. The van der Waals surface area contributed by atoms with E-state index in [9.17, 15) is 0 Å². The molecule has 1 aliphatic rings. The van der Waals surface area contributed by atoms with Crippen molar-refractivity contribution < 1.29 is 0 Å². The number of aromatic nitrogens is 2. The van der Waals surface area contributed by atoms with Gasteiger partial charge < -0.3 is 9.30 Å². The quantitative estimate of drug-likeness (QED) is 0.787. The van der Waals surface area contributed by atoms with Crippen LogP contribution in [0.1, 0.15) is 31.9 Å². The standard InChI is InChI=1S/C14H18BrN3/c1-2-8-17(11-6-7-11)14-12(10-15)18-9-4-3-5-13(18)16-14/h3-5,9,11H,2,6-8,10H2,1H3. The van der Waals surface area contributed by atoms with E-state index in [1.165, 1.54) is 30.8 Å². The molecule has 2 aromatic rings. The fourth-order valence-corrected chi connectivity index (χ4v) is 3.00. The average Bonchev–Trinajstić information content (AvgIpc) is 3.16. The number of fused-ring (bicyclic) bond motifs is 1. The van der Waals surface area contributed by atoms with Crippen LogP contribution in [0.25, 0.3) is 5.65 Å². The van der Waals surface area contributed by atoms with Crippen molar-refractivity contribution in [2.75, 3.05) is 11.4 Å². The highest BCUT2D eigenvalue weighted by molar-refractivity contribution is 9.08. The minimum absolute atomic E-state index is 0.715. The highest BCUT2D eigenvalue weighted by atomic mass is 79.9. The normalized spacial score (nSPS) is 15.2. The summed E-state index contributed by atoms with van der Waals surface area (Å²) in [7, 11) is 0. The van der Waals surface area contributed by atoms with Crippen LogP contribution in [0, 0.1) is 0 Å². The van der Waals surface area contributed by atoms with Crippen LogP contribution in [0.4, 0.5) is 5.82 Å². The van der Waals surface area contributed by atoms with Crippen molar-refractivity contribution in [2.45, 2.75) is 37.6 Å². The smallest absolute Gasteiger partial charge is 0.152 e. The lowest BCUT2D eigenvalue weighted by Crippen LogP contribution is -2.27. The number of halogens is 1. The second-order valence-corrected chi connectivity index (χ2v) is 5.43. The Morgan fingerprint density at radius 1 is 1.44 bits per heavy atom. The van der Waals surface area contributed by atoms with E-state index in [1.54, 1.807) is 0 Å². The van der Waals surface area contributed by atoms with Gasteiger partial charge in [-0.3, -0.25) is 0 Å². The van der Waals surface area contributed by atoms with Gasteiger partial charge in [-0.25, -0.2) is 4.98 Å². The van der Waals surface area contributed by atoms with Crippen LogP contribution in [-0.2, 0) is 5.33 Å². The van der Waals surface area contributed by atoms with Crippen LogP contribution in [0.15, 0.2) is 24.4 Å². The van der Waals surface area contributed by atoms with E-state index in [2.05, 4.69) is 50.5 Å². The molecule has 0 amide bonds. The molecule has 0 bridgehead atoms. The maximum atomic E-state index is 4.82. The molecule has 2 aromatic heterocycles. The molecular formula is C14H18BrN3. The van der Waals surface area contributed by atoms with Crippen molar-refractivity contribution in [3.05, 3.63) is 30.1 Å². The lowest BCUT2D eigenvalue weighted by Gasteiger charge is -2.22. The van der Waals surface area contributed by atoms with Gasteiger partial charge in [0.15, 0.2) is 5.82 Å². The first kappa shape index (κ1) is 12.0. The van der Waals surface area contributed by atoms with Crippen LogP contribution in [-0.4, -0.2) is 22.0 Å². The third-order valence-electron chi connectivity index (χ3n) is 3.46. The number of anilines is 1. The highest BCUT2D eigenvalue weighted by Crippen LogP contribution is 2.34. The Balaban J connectivity index is 2.08. The Kier molecular flexibility index (Phi) is 3.29. The monoisotopic (exact) mass is 307 g/mol. The van der Waals surface area contributed by atoms with E-state index >= 15 is 0 Å². The second kappa shape index (κ2) is 4.92. The van der Waals surface area contributed by atoms with Gasteiger partial charge in [-0.15, -0.1) is 0 Å². The molecule has 2 heterocycles. The molecule has 96 valence electrons. The summed E-state index contributed by atoms with van der Waals surface area (Å²) in [5, 5.41) is 0.848. The first-order chi connectivity index (χ1) is 8.85. The Morgan fingerprint density at radius 3 is 2.94 bits per heavy atom. The van der Waals surface area contributed by atoms with Gasteiger partial charge in [0.25, 0.3) is 0 Å². The molecule has 1 fully saturated rings. The summed E-state index contributed by atoms with van der Waals surface area (Å²) in [6, 6.07) is 6.90. The van der Waals surface area contributed by atoms with Crippen LogP contribution in [0.5, 0.6) is 0 Å². The van der Waals surface area contributed by atoms with Gasteiger partial charge >= 0.3 is 0 Å². The summed E-state index contributed by atoms with van der Waals surface area (Å²) < 4.78 is 2.19. The topological polar surface area (TPSA) is 20.5 Å². The number of hydrogen-bond acceptors (Lipinski definition) is 2. The van der Waals surface area contributed by atoms with Gasteiger partial charge in [0.1, 0.15) is 5.65 Å². The minimum Gasteiger partial charge on any atom is -0.352 e. The molecule has 3 nitrogen and oxygen atoms in total. The molecule has 0 saturated heterocycles. The van der Waals surface area contributed by atoms with Gasteiger partial charge in [-0.2, -0.15) is 0 Å². The lowest BCUT2D eigenvalue weighted by atomic mass is 10.3. The van der Waals surface area contributed by atoms with E-state index < -0.39 is 0 Å². The summed E-state index contributed by atoms with van der Waals surface area (Å²) in [6.45, 7) is 3.34. The molecule has 0 unspecified atom stereocenters. The molecular weight excluding hydrogens is 290 g/mol. The molecule has 4 heteroatoms. The number of rotatable bonds is 5. The number of alkyl halides is 1. The predicted octanol–water partition coefficient (Wildman–Crippen LogP) is 3.61. The highest BCUT2D eigenvalue weighted by Gasteiger charge is 2.31. The maximum absolute atomic E-state index is 4.82. The van der Waals surface area contributed by atoms with Crippen molar-refractivity contribution >= 4 is 27.4 Å². The van der Waals surface area contributed by atoms with Crippen molar-refractivity contribution in [1.29, 1.82) is 0 Å². The molecule has 0 spiro atoms. The van der Waals surface area contributed by atoms with Crippen LogP contribution in [0.3, 0.4) is 0 Å². The van der Waals surface area contributed by atoms with Gasteiger partial charge in [0, 0.05) is 24.1 Å². The molecule has 18 heavy (non-hydrogen) atoms. The van der Waals surface area contributed by atoms with Gasteiger partial charge in [0.2, 0.25) is 0 Å². The maximum Gasteiger partial charge on any atom is 0.152 e. The van der Waals surface area contributed by atoms with Crippen LogP contribution in [0.2, 0.25) is 0 Å². The minimum atomic E-state index is 0.715. The van der Waals surface area contributed by atoms with E-state index in [-0.39, 0.29) is 0 Å². The zero-order valence-electron chi connectivity index (χ0n) is 10.6. The first-order valence-corrected chi connectivity index (χ1v) is 7.76. The summed E-state index contributed by atoms with van der Waals surface area (Å²) in [5.74, 6) is 1.17. The molecule has 1 saturated carbocycles. The SMILES string of the molecule is CCCN(c1nc2ccccn2c1CBr)C1CC1. The average molecular weight is 308 g/mol. The summed E-state index contributed by atoms with van der Waals surface area (Å²) in [4.78, 5) is 7.31. The van der Waals surface area contributed by atoms with Crippen LogP contribution >= 0.6 is 15.9 Å². The molecule has 0 radical (unpaired) electrons. The van der Waals surface area contributed by atoms with Crippen molar-refractivity contribution in [3.8, 4) is 0 Å². The van der Waals surface area contributed by atoms with E-state index in [0.29, 0.717) is 6.04 Å². The Labute approximate surface area is 116 Å². The van der Waals surface area contributed by atoms with Gasteiger partial charge in [-0.1, -0.05) is 28.9 Å². The third kappa shape index (κ3) is 2.03. The second-order valence-electron chi connectivity index (χ2n) is 4.87. The zero-order valence-corrected chi connectivity index (χ0v) is 12.2. The molecule has 3 rings (SSSR count). The number of nitrogens with zero attached hydrogens (tertiary/aromatic N) is 3. The Morgan fingerprint density at radius 2 is 2.28 bits per heavy atom. The fraction of sp³-hybridized carbons (Fsp3) is 0.500. The predicted molar refractivity (Wildman–Crippen MR) is 78.5 cm³/mol. The van der Waals surface area contributed by atoms with Gasteiger partial charge in [0.05, 0.1) is 5.69 Å². The fourth-order valence-electron chi connectivity index (χ4n) is 2.48. The lowest BCUT2D eigenvalue weighted by molar-refractivity contribution is 0.750. The van der Waals surface area contributed by atoms with Crippen molar-refractivity contribution in [3.63, 3.8) is 0 Å².